The lowest BCUT2D eigenvalue weighted by Gasteiger charge is -2.03. The van der Waals surface area contributed by atoms with Gasteiger partial charge in [-0.3, -0.25) is 4.79 Å². The summed E-state index contributed by atoms with van der Waals surface area (Å²) >= 11 is 0. The Balaban J connectivity index is 2.25. The van der Waals surface area contributed by atoms with Crippen LogP contribution in [-0.2, 0) is 11.2 Å². The number of carbonyl (C=O) groups excluding carboxylic acids is 1. The molecule has 1 aromatic rings. The van der Waals surface area contributed by atoms with Crippen LogP contribution in [0, 0.1) is 5.82 Å². The molecule has 0 aliphatic heterocycles. The Kier molecular flexibility index (Phi) is 5.54. The van der Waals surface area contributed by atoms with Gasteiger partial charge in [0.1, 0.15) is 5.82 Å². The Labute approximate surface area is 98.3 Å². The minimum Gasteiger partial charge on any atom is -0.356 e. The van der Waals surface area contributed by atoms with Crippen molar-refractivity contribution in [1.29, 1.82) is 0 Å². The zero-order valence-electron chi connectivity index (χ0n) is 9.27. The molecule has 0 aromatic heterocycles. The highest BCUT2D eigenvalue weighted by atomic mass is 19.1. The second-order valence-corrected chi connectivity index (χ2v) is 3.46. The third-order valence-electron chi connectivity index (χ3n) is 2.10. The molecule has 0 spiro atoms. The van der Waals surface area contributed by atoms with Gasteiger partial charge >= 0.3 is 0 Å². The molecule has 5 nitrogen and oxygen atoms in total. The molecule has 0 radical (unpaired) electrons. The number of nitrogens with one attached hydrogen (secondary N) is 1. The van der Waals surface area contributed by atoms with E-state index < -0.39 is 0 Å². The second kappa shape index (κ2) is 7.24. The van der Waals surface area contributed by atoms with E-state index >= 15 is 0 Å². The van der Waals surface area contributed by atoms with Gasteiger partial charge < -0.3 is 5.32 Å². The Hall–Kier alpha value is -2.07. The molecule has 90 valence electrons. The molecule has 1 rings (SSSR count). The Bertz CT molecular complexity index is 412. The molecule has 17 heavy (non-hydrogen) atoms. The van der Waals surface area contributed by atoms with Gasteiger partial charge in [-0.2, -0.15) is 0 Å². The van der Waals surface area contributed by atoms with E-state index in [-0.39, 0.29) is 18.1 Å². The Morgan fingerprint density at radius 3 is 2.76 bits per heavy atom. The monoisotopic (exact) mass is 236 g/mol. The van der Waals surface area contributed by atoms with Crippen LogP contribution in [0.5, 0.6) is 0 Å². The average molecular weight is 236 g/mol. The van der Waals surface area contributed by atoms with Crippen molar-refractivity contribution in [2.24, 2.45) is 5.11 Å². The minimum absolute atomic E-state index is 0.127. The highest BCUT2D eigenvalue weighted by Crippen LogP contribution is 2.03. The summed E-state index contributed by atoms with van der Waals surface area (Å²) in [4.78, 5) is 14.0. The van der Waals surface area contributed by atoms with Crippen LogP contribution in [0.25, 0.3) is 10.4 Å². The zero-order valence-corrected chi connectivity index (χ0v) is 9.27. The van der Waals surface area contributed by atoms with Gasteiger partial charge in [-0.1, -0.05) is 17.2 Å². The molecule has 0 saturated carbocycles. The molecule has 0 aliphatic carbocycles. The van der Waals surface area contributed by atoms with Gasteiger partial charge in [-0.05, 0) is 29.6 Å². The third-order valence-corrected chi connectivity index (χ3v) is 2.10. The van der Waals surface area contributed by atoms with E-state index in [9.17, 15) is 9.18 Å². The number of carbonyl (C=O) groups is 1. The smallest absolute Gasteiger partial charge is 0.224 e. The van der Waals surface area contributed by atoms with Crippen LogP contribution < -0.4 is 5.32 Å². The predicted octanol–water partition coefficient (Wildman–Crippen LogP) is 2.18. The van der Waals surface area contributed by atoms with Gasteiger partial charge in [0.15, 0.2) is 0 Å². The van der Waals surface area contributed by atoms with E-state index in [2.05, 4.69) is 15.3 Å². The van der Waals surface area contributed by atoms with Crippen molar-refractivity contribution in [2.45, 2.75) is 12.8 Å². The maximum Gasteiger partial charge on any atom is 0.224 e. The van der Waals surface area contributed by atoms with Crippen molar-refractivity contribution in [3.05, 3.63) is 46.1 Å². The van der Waals surface area contributed by atoms with E-state index in [1.54, 1.807) is 12.1 Å². The molecule has 1 amide bonds. The van der Waals surface area contributed by atoms with Crippen molar-refractivity contribution >= 4 is 5.91 Å². The number of hydrogen-bond acceptors (Lipinski definition) is 2. The SMILES string of the molecule is [N-]=[N+]=NCCCNC(=O)Cc1ccc(F)cc1. The van der Waals surface area contributed by atoms with Crippen molar-refractivity contribution in [3.63, 3.8) is 0 Å². The summed E-state index contributed by atoms with van der Waals surface area (Å²) in [5, 5.41) is 6.04. The topological polar surface area (TPSA) is 77.9 Å². The maximum absolute atomic E-state index is 12.6. The summed E-state index contributed by atoms with van der Waals surface area (Å²) in [5.74, 6) is -0.443. The number of nitrogens with zero attached hydrogens (tertiary/aromatic N) is 3. The molecule has 1 aromatic carbocycles. The van der Waals surface area contributed by atoms with Crippen LogP contribution in [0.1, 0.15) is 12.0 Å². The summed E-state index contributed by atoms with van der Waals surface area (Å²) in [6, 6.07) is 5.80. The number of hydrogen-bond donors (Lipinski definition) is 1. The first kappa shape index (κ1) is 13.0. The summed E-state index contributed by atoms with van der Waals surface area (Å²) in [5.41, 5.74) is 8.80. The molecule has 0 fully saturated rings. The van der Waals surface area contributed by atoms with Crippen molar-refractivity contribution in [3.8, 4) is 0 Å². The van der Waals surface area contributed by atoms with Crippen LogP contribution in [0.2, 0.25) is 0 Å². The number of rotatable bonds is 6. The lowest BCUT2D eigenvalue weighted by atomic mass is 10.1. The van der Waals surface area contributed by atoms with E-state index in [0.717, 1.165) is 5.56 Å². The third kappa shape index (κ3) is 5.53. The van der Waals surface area contributed by atoms with Crippen LogP contribution in [0.4, 0.5) is 4.39 Å². The molecule has 1 N–H and O–H groups in total. The van der Waals surface area contributed by atoms with Gasteiger partial charge in [-0.15, -0.1) is 0 Å². The second-order valence-electron chi connectivity index (χ2n) is 3.46. The molecule has 0 heterocycles. The van der Waals surface area contributed by atoms with Gasteiger partial charge in [-0.25, -0.2) is 4.39 Å². The molecule has 0 saturated heterocycles. The largest absolute Gasteiger partial charge is 0.356 e. The lowest BCUT2D eigenvalue weighted by Crippen LogP contribution is -2.26. The van der Waals surface area contributed by atoms with Crippen LogP contribution >= 0.6 is 0 Å². The Morgan fingerprint density at radius 1 is 1.41 bits per heavy atom. The van der Waals surface area contributed by atoms with Gasteiger partial charge in [0.25, 0.3) is 0 Å². The fourth-order valence-electron chi connectivity index (χ4n) is 1.27. The fourth-order valence-corrected chi connectivity index (χ4v) is 1.27. The quantitative estimate of drug-likeness (QED) is 0.349. The van der Waals surface area contributed by atoms with Gasteiger partial charge in [0, 0.05) is 18.0 Å². The van der Waals surface area contributed by atoms with E-state index in [0.29, 0.717) is 19.5 Å². The summed E-state index contributed by atoms with van der Waals surface area (Å²) < 4.78 is 12.6. The standard InChI is InChI=1S/C11H13FN4O/c12-10-4-2-9(3-5-10)8-11(17)14-6-1-7-15-16-13/h2-5H,1,6-8H2,(H,14,17). The lowest BCUT2D eigenvalue weighted by molar-refractivity contribution is -0.120. The first-order valence-electron chi connectivity index (χ1n) is 5.24. The number of halogens is 1. The number of benzene rings is 1. The maximum atomic E-state index is 12.6. The predicted molar refractivity (Wildman–Crippen MR) is 61.7 cm³/mol. The van der Waals surface area contributed by atoms with Crippen molar-refractivity contribution < 1.29 is 9.18 Å². The molecule has 0 aliphatic rings. The highest BCUT2D eigenvalue weighted by molar-refractivity contribution is 5.78. The first-order valence-corrected chi connectivity index (χ1v) is 5.24. The van der Waals surface area contributed by atoms with E-state index in [1.807, 2.05) is 0 Å². The van der Waals surface area contributed by atoms with Crippen molar-refractivity contribution in [1.82, 2.24) is 5.32 Å². The normalized spacial score (nSPS) is 9.47. The number of azide groups is 1. The molecule has 0 bridgehead atoms. The van der Waals surface area contributed by atoms with Crippen LogP contribution in [0.3, 0.4) is 0 Å². The summed E-state index contributed by atoms with van der Waals surface area (Å²) in [7, 11) is 0. The molecular formula is C11H13FN4O. The highest BCUT2D eigenvalue weighted by Gasteiger charge is 2.02. The zero-order chi connectivity index (χ0) is 12.5. The molecular weight excluding hydrogens is 223 g/mol. The van der Waals surface area contributed by atoms with E-state index in [4.69, 9.17) is 5.53 Å². The minimum atomic E-state index is -0.316. The van der Waals surface area contributed by atoms with Crippen molar-refractivity contribution in [2.75, 3.05) is 13.1 Å². The van der Waals surface area contributed by atoms with Crippen LogP contribution in [0.15, 0.2) is 29.4 Å². The summed E-state index contributed by atoms with van der Waals surface area (Å²) in [6.45, 7) is 0.840. The number of amides is 1. The van der Waals surface area contributed by atoms with E-state index in [1.165, 1.54) is 12.1 Å². The van der Waals surface area contributed by atoms with Gasteiger partial charge in [0.2, 0.25) is 5.91 Å². The van der Waals surface area contributed by atoms with Gasteiger partial charge in [0.05, 0.1) is 6.42 Å². The summed E-state index contributed by atoms with van der Waals surface area (Å²) in [6.07, 6.45) is 0.834. The molecule has 6 heteroatoms. The Morgan fingerprint density at radius 2 is 2.12 bits per heavy atom. The first-order chi connectivity index (χ1) is 8.22. The molecule has 0 atom stereocenters. The average Bonchev–Trinajstić information content (AvgIpc) is 2.32. The fraction of sp³-hybridized carbons (Fsp3) is 0.364. The van der Waals surface area contributed by atoms with Crippen LogP contribution in [-0.4, -0.2) is 19.0 Å². The molecule has 0 unspecified atom stereocenters.